The molecule has 5 rings (SSSR count). The van der Waals surface area contributed by atoms with Gasteiger partial charge in [0, 0.05) is 17.2 Å². The van der Waals surface area contributed by atoms with Crippen LogP contribution in [-0.2, 0) is 11.2 Å². The van der Waals surface area contributed by atoms with Crippen LogP contribution in [0.5, 0.6) is 5.75 Å². The lowest BCUT2D eigenvalue weighted by Crippen LogP contribution is -2.30. The van der Waals surface area contributed by atoms with Crippen LogP contribution < -0.4 is 9.64 Å². The molecule has 0 N–H and O–H groups in total. The first-order valence-corrected chi connectivity index (χ1v) is 15.5. The highest BCUT2D eigenvalue weighted by molar-refractivity contribution is 8.15. The fourth-order valence-corrected chi connectivity index (χ4v) is 5.73. The number of aliphatic imine (C=N–C) groups is 2. The predicted molar refractivity (Wildman–Crippen MR) is 173 cm³/mol. The zero-order valence-corrected chi connectivity index (χ0v) is 26.4. The van der Waals surface area contributed by atoms with Gasteiger partial charge in [-0.3, -0.25) is 9.69 Å². The number of hydrogen-bond acceptors (Lipinski definition) is 6. The number of halogens is 3. The largest absolute Gasteiger partial charge is 0.573 e. The topological polar surface area (TPSA) is 102 Å². The molecule has 1 aliphatic heterocycles. The minimum atomic E-state index is -4.77. The molecule has 1 saturated heterocycles. The van der Waals surface area contributed by atoms with Crippen molar-refractivity contribution in [3.8, 4) is 22.8 Å². The Kier molecular flexibility index (Phi) is 9.71. The van der Waals surface area contributed by atoms with Gasteiger partial charge in [-0.25, -0.2) is 19.5 Å². The van der Waals surface area contributed by atoms with Gasteiger partial charge in [0.25, 0.3) is 0 Å². The van der Waals surface area contributed by atoms with E-state index in [9.17, 15) is 22.8 Å². The number of carbonyl (C=O) groups excluding carboxylic acids is 2. The third-order valence-electron chi connectivity index (χ3n) is 7.35. The smallest absolute Gasteiger partial charge is 0.406 e. The minimum absolute atomic E-state index is 0.124. The van der Waals surface area contributed by atoms with Crippen LogP contribution in [0.15, 0.2) is 83.0 Å². The fourth-order valence-electron chi connectivity index (χ4n) is 4.88. The van der Waals surface area contributed by atoms with Crippen molar-refractivity contribution in [2.45, 2.75) is 52.8 Å². The van der Waals surface area contributed by atoms with E-state index in [0.29, 0.717) is 22.4 Å². The number of benzene rings is 3. The number of rotatable bonds is 8. The highest BCUT2D eigenvalue weighted by atomic mass is 32.2. The molecule has 0 spiro atoms. The Bertz CT molecular complexity index is 1800. The molecule has 1 unspecified atom stereocenters. The normalized spacial score (nSPS) is 15.5. The predicted octanol–water partition coefficient (Wildman–Crippen LogP) is 7.91. The Balaban J connectivity index is 1.27. The molecule has 3 amide bonds. The minimum Gasteiger partial charge on any atom is -0.406 e. The summed E-state index contributed by atoms with van der Waals surface area (Å²) in [4.78, 5) is 40.1. The summed E-state index contributed by atoms with van der Waals surface area (Å²) in [6.07, 6.45) is -1.58. The summed E-state index contributed by atoms with van der Waals surface area (Å²) in [6, 6.07) is 18.1. The number of hydrogen-bond donors (Lipinski definition) is 0. The van der Waals surface area contributed by atoms with Crippen molar-refractivity contribution in [3.05, 3.63) is 89.7 Å². The number of nitrogens with zero attached hydrogens (tertiary/aromatic N) is 6. The van der Waals surface area contributed by atoms with E-state index in [1.165, 1.54) is 51.9 Å². The second kappa shape index (κ2) is 13.7. The van der Waals surface area contributed by atoms with E-state index in [1.54, 1.807) is 6.92 Å². The number of ether oxygens (including phenoxy) is 1. The van der Waals surface area contributed by atoms with E-state index in [-0.39, 0.29) is 23.3 Å². The number of carbonyl (C=O) groups is 2. The molecule has 1 fully saturated rings. The van der Waals surface area contributed by atoms with Gasteiger partial charge in [-0.2, -0.15) is 4.99 Å². The van der Waals surface area contributed by atoms with E-state index in [4.69, 9.17) is 0 Å². The van der Waals surface area contributed by atoms with E-state index >= 15 is 0 Å². The lowest BCUT2D eigenvalue weighted by molar-refractivity contribution is -0.274. The molecular formula is C33H31F3N6O3S. The summed E-state index contributed by atoms with van der Waals surface area (Å²) < 4.78 is 42.7. The van der Waals surface area contributed by atoms with Gasteiger partial charge in [0.15, 0.2) is 11.0 Å². The summed E-state index contributed by atoms with van der Waals surface area (Å²) in [5.41, 5.74) is 5.50. The molecule has 0 aliphatic carbocycles. The van der Waals surface area contributed by atoms with Gasteiger partial charge in [-0.15, -0.1) is 18.3 Å². The third kappa shape index (κ3) is 7.71. The summed E-state index contributed by atoms with van der Waals surface area (Å²) in [5, 5.41) is 4.76. The molecule has 0 bridgehead atoms. The van der Waals surface area contributed by atoms with Crippen molar-refractivity contribution in [3.63, 3.8) is 0 Å². The molecule has 3 aromatic carbocycles. The van der Waals surface area contributed by atoms with Crippen LogP contribution in [0.2, 0.25) is 0 Å². The summed E-state index contributed by atoms with van der Waals surface area (Å²) >= 11 is 1.22. The molecule has 238 valence electrons. The van der Waals surface area contributed by atoms with Crippen molar-refractivity contribution >= 4 is 40.3 Å². The summed E-state index contributed by atoms with van der Waals surface area (Å²) in [7, 11) is 0. The van der Waals surface area contributed by atoms with E-state index in [2.05, 4.69) is 31.7 Å². The summed E-state index contributed by atoms with van der Waals surface area (Å²) in [5.74, 6) is -0.0283. The van der Waals surface area contributed by atoms with Gasteiger partial charge in [0.2, 0.25) is 5.91 Å². The maximum absolute atomic E-state index is 12.9. The Morgan fingerprint density at radius 2 is 1.80 bits per heavy atom. The van der Waals surface area contributed by atoms with Crippen LogP contribution in [0, 0.1) is 6.92 Å². The standard InChI is InChI=1S/C33H31F3N6O3S/c1-5-6-24-8-7-20(2)17-28(24)42-29(43)18-46-32(42)39-31(44)38-22(4)21(3)23-9-11-25(12-10-23)30-37-19-41(40-30)26-13-15-27(16-14-26)45-33(34,35)36/h7-17,19,21H,5-6,18H2,1-4H3. The number of urea groups is 1. The molecule has 46 heavy (non-hydrogen) atoms. The number of aromatic nitrogens is 3. The quantitative estimate of drug-likeness (QED) is 0.180. The van der Waals surface area contributed by atoms with Gasteiger partial charge in [-0.05, 0) is 67.3 Å². The number of alkyl halides is 3. The maximum Gasteiger partial charge on any atom is 0.573 e. The Labute approximate surface area is 268 Å². The molecule has 0 saturated carbocycles. The first kappa shape index (κ1) is 32.6. The zero-order chi connectivity index (χ0) is 33.0. The first-order valence-electron chi connectivity index (χ1n) is 14.5. The molecule has 9 nitrogen and oxygen atoms in total. The Morgan fingerprint density at radius 3 is 2.48 bits per heavy atom. The zero-order valence-electron chi connectivity index (χ0n) is 25.6. The molecule has 0 radical (unpaired) electrons. The van der Waals surface area contributed by atoms with Crippen molar-refractivity contribution < 1.29 is 27.5 Å². The van der Waals surface area contributed by atoms with Gasteiger partial charge in [0.1, 0.15) is 12.1 Å². The molecule has 13 heteroatoms. The Hall–Kier alpha value is -4.78. The second-order valence-electron chi connectivity index (χ2n) is 10.7. The Morgan fingerprint density at radius 1 is 1.09 bits per heavy atom. The van der Waals surface area contributed by atoms with Crippen LogP contribution in [0.4, 0.5) is 23.7 Å². The number of anilines is 1. The monoisotopic (exact) mass is 648 g/mol. The van der Waals surface area contributed by atoms with Crippen LogP contribution in [0.3, 0.4) is 0 Å². The number of thioether (sulfide) groups is 1. The van der Waals surface area contributed by atoms with Crippen LogP contribution in [0.1, 0.15) is 49.8 Å². The molecule has 1 atom stereocenters. The first-order chi connectivity index (χ1) is 21.9. The van der Waals surface area contributed by atoms with Crippen LogP contribution in [0.25, 0.3) is 17.1 Å². The van der Waals surface area contributed by atoms with E-state index in [1.807, 2.05) is 56.3 Å². The summed E-state index contributed by atoms with van der Waals surface area (Å²) in [6.45, 7) is 7.72. The lowest BCUT2D eigenvalue weighted by Gasteiger charge is -2.20. The van der Waals surface area contributed by atoms with Crippen molar-refractivity contribution in [1.29, 1.82) is 0 Å². The number of amidine groups is 1. The molecule has 1 aliphatic rings. The van der Waals surface area contributed by atoms with Crippen molar-refractivity contribution in [1.82, 2.24) is 14.8 Å². The fraction of sp³-hybridized carbons (Fsp3) is 0.273. The van der Waals surface area contributed by atoms with Gasteiger partial charge in [0.05, 0.1) is 17.1 Å². The SMILES string of the molecule is CCCc1ccc(C)cc1N1C(=O)CSC1=NC(=O)N=C(C)C(C)c1ccc(-c2ncn(-c3ccc(OC(F)(F)F)cc3)n2)cc1. The number of aryl methyl sites for hydroxylation is 2. The van der Waals surface area contributed by atoms with E-state index in [0.717, 1.165) is 40.8 Å². The molecule has 2 heterocycles. The van der Waals surface area contributed by atoms with Crippen LogP contribution in [-0.4, -0.2) is 49.7 Å². The van der Waals surface area contributed by atoms with Crippen molar-refractivity contribution in [2.75, 3.05) is 10.7 Å². The molecule has 1 aromatic heterocycles. The van der Waals surface area contributed by atoms with Crippen LogP contribution >= 0.6 is 11.8 Å². The van der Waals surface area contributed by atoms with Crippen molar-refractivity contribution in [2.24, 2.45) is 9.98 Å². The molecular weight excluding hydrogens is 617 g/mol. The second-order valence-corrected chi connectivity index (χ2v) is 11.7. The van der Waals surface area contributed by atoms with Gasteiger partial charge in [-0.1, -0.05) is 68.4 Å². The molecule has 4 aromatic rings. The third-order valence-corrected chi connectivity index (χ3v) is 8.28. The average Bonchev–Trinajstić information content (AvgIpc) is 3.64. The highest BCUT2D eigenvalue weighted by Gasteiger charge is 2.32. The number of amides is 3. The highest BCUT2D eigenvalue weighted by Crippen LogP contribution is 2.32. The average molecular weight is 649 g/mol. The van der Waals surface area contributed by atoms with Gasteiger partial charge >= 0.3 is 12.4 Å². The van der Waals surface area contributed by atoms with E-state index < -0.39 is 12.4 Å². The lowest BCUT2D eigenvalue weighted by atomic mass is 9.96. The maximum atomic E-state index is 12.9. The van der Waals surface area contributed by atoms with Gasteiger partial charge < -0.3 is 4.74 Å².